The lowest BCUT2D eigenvalue weighted by Crippen LogP contribution is -2.11. The zero-order valence-corrected chi connectivity index (χ0v) is 5.89. The number of carbonyl (C=O) groups is 1. The molecule has 0 bridgehead atoms. The molecule has 0 aliphatic heterocycles. The van der Waals surface area contributed by atoms with Crippen molar-refractivity contribution in [1.82, 2.24) is 15.0 Å². The van der Waals surface area contributed by atoms with Gasteiger partial charge in [-0.3, -0.25) is 0 Å². The summed E-state index contributed by atoms with van der Waals surface area (Å²) >= 11 is 0. The molecule has 0 aliphatic carbocycles. The molecule has 0 aliphatic rings. The summed E-state index contributed by atoms with van der Waals surface area (Å²) in [7, 11) is 1.62. The van der Waals surface area contributed by atoms with Crippen molar-refractivity contribution in [1.29, 1.82) is 0 Å². The van der Waals surface area contributed by atoms with Gasteiger partial charge >= 0.3 is 5.97 Å². The van der Waals surface area contributed by atoms with Gasteiger partial charge in [-0.25, -0.2) is 9.48 Å². The second kappa shape index (κ2) is 3.00. The van der Waals surface area contributed by atoms with Gasteiger partial charge in [-0.15, -0.1) is 5.10 Å². The first-order valence-electron chi connectivity index (χ1n) is 2.89. The van der Waals surface area contributed by atoms with E-state index in [0.717, 1.165) is 0 Å². The van der Waals surface area contributed by atoms with Gasteiger partial charge in [0.1, 0.15) is 6.20 Å². The first-order chi connectivity index (χ1) is 5.20. The zero-order valence-electron chi connectivity index (χ0n) is 5.89. The van der Waals surface area contributed by atoms with Crippen molar-refractivity contribution in [3.63, 3.8) is 0 Å². The summed E-state index contributed by atoms with van der Waals surface area (Å²) in [6.07, 6.45) is 1.35. The molecule has 0 radical (unpaired) electrons. The molecule has 1 aromatic rings. The van der Waals surface area contributed by atoms with Crippen LogP contribution in [0.4, 0.5) is 0 Å². The Balaban J connectivity index is 2.51. The maximum absolute atomic E-state index is 10.0. The van der Waals surface area contributed by atoms with E-state index in [-0.39, 0.29) is 6.61 Å². The van der Waals surface area contributed by atoms with E-state index in [1.165, 1.54) is 10.9 Å². The number of rotatable bonds is 3. The largest absolute Gasteiger partial charge is 0.479 e. The lowest BCUT2D eigenvalue weighted by molar-refractivity contribution is -0.139. The Labute approximate surface area is 62.4 Å². The van der Waals surface area contributed by atoms with Crippen molar-refractivity contribution in [3.8, 4) is 5.88 Å². The SMILES string of the molecule is Cn1nncc1OCC(=O)O. The van der Waals surface area contributed by atoms with Gasteiger partial charge in [-0.1, -0.05) is 5.21 Å². The third-order valence-corrected chi connectivity index (χ3v) is 1.02. The van der Waals surface area contributed by atoms with Crippen molar-refractivity contribution in [2.24, 2.45) is 7.05 Å². The molecule has 1 N–H and O–H groups in total. The lowest BCUT2D eigenvalue weighted by Gasteiger charge is -1.99. The molecule has 1 heterocycles. The van der Waals surface area contributed by atoms with E-state index in [9.17, 15) is 4.79 Å². The molecule has 0 unspecified atom stereocenters. The minimum absolute atomic E-state index is 0.340. The van der Waals surface area contributed by atoms with Crippen LogP contribution in [-0.4, -0.2) is 32.7 Å². The summed E-state index contributed by atoms with van der Waals surface area (Å²) in [6.45, 7) is -0.374. The highest BCUT2D eigenvalue weighted by Crippen LogP contribution is 2.03. The predicted molar refractivity (Wildman–Crippen MR) is 34.1 cm³/mol. The molecule has 0 fully saturated rings. The summed E-state index contributed by atoms with van der Waals surface area (Å²) < 4.78 is 6.13. The molecule has 6 nitrogen and oxygen atoms in total. The van der Waals surface area contributed by atoms with Gasteiger partial charge in [0.2, 0.25) is 5.88 Å². The van der Waals surface area contributed by atoms with Crippen molar-refractivity contribution in [3.05, 3.63) is 6.20 Å². The van der Waals surface area contributed by atoms with Crippen LogP contribution < -0.4 is 4.74 Å². The topological polar surface area (TPSA) is 77.2 Å². The zero-order chi connectivity index (χ0) is 8.27. The Morgan fingerprint density at radius 2 is 2.64 bits per heavy atom. The summed E-state index contributed by atoms with van der Waals surface area (Å²) in [5, 5.41) is 15.3. The van der Waals surface area contributed by atoms with Crippen molar-refractivity contribution < 1.29 is 14.6 Å². The maximum atomic E-state index is 10.0. The Kier molecular flexibility index (Phi) is 2.05. The van der Waals surface area contributed by atoms with E-state index in [0.29, 0.717) is 5.88 Å². The number of ether oxygens (including phenoxy) is 1. The molecule has 0 spiro atoms. The first kappa shape index (κ1) is 7.52. The molecule has 6 heteroatoms. The second-order valence-corrected chi connectivity index (χ2v) is 1.88. The van der Waals surface area contributed by atoms with Crippen LogP contribution in [0, 0.1) is 0 Å². The number of carboxylic acids is 1. The molecule has 0 saturated carbocycles. The molecular weight excluding hydrogens is 150 g/mol. The average molecular weight is 157 g/mol. The minimum atomic E-state index is -1.02. The van der Waals surface area contributed by atoms with Gasteiger partial charge in [0.25, 0.3) is 0 Å². The molecule has 0 amide bonds. The van der Waals surface area contributed by atoms with E-state index in [1.807, 2.05) is 0 Å². The fourth-order valence-electron chi connectivity index (χ4n) is 0.547. The van der Waals surface area contributed by atoms with Gasteiger partial charge < -0.3 is 9.84 Å². The molecule has 0 atom stereocenters. The number of aliphatic carboxylic acids is 1. The molecular formula is C5H7N3O3. The minimum Gasteiger partial charge on any atom is -0.479 e. The molecule has 1 aromatic heterocycles. The Morgan fingerprint density at radius 3 is 3.09 bits per heavy atom. The average Bonchev–Trinajstić information content (AvgIpc) is 2.31. The van der Waals surface area contributed by atoms with Crippen LogP contribution in [-0.2, 0) is 11.8 Å². The Bertz CT molecular complexity index is 257. The van der Waals surface area contributed by atoms with Crippen molar-refractivity contribution in [2.75, 3.05) is 6.61 Å². The van der Waals surface area contributed by atoms with Crippen LogP contribution in [0.5, 0.6) is 5.88 Å². The van der Waals surface area contributed by atoms with Crippen LogP contribution >= 0.6 is 0 Å². The highest BCUT2D eigenvalue weighted by atomic mass is 16.5. The molecule has 0 aromatic carbocycles. The highest BCUT2D eigenvalue weighted by Gasteiger charge is 2.02. The standard InChI is InChI=1S/C5H7N3O3/c1-8-4(2-6-7-8)11-3-5(9)10/h2H,3H2,1H3,(H,9,10). The smallest absolute Gasteiger partial charge is 0.341 e. The summed E-state index contributed by atoms with van der Waals surface area (Å²) in [4.78, 5) is 10.0. The third kappa shape index (κ3) is 1.92. The maximum Gasteiger partial charge on any atom is 0.341 e. The van der Waals surface area contributed by atoms with Crippen molar-refractivity contribution in [2.45, 2.75) is 0 Å². The number of aromatic nitrogens is 3. The van der Waals surface area contributed by atoms with Crippen molar-refractivity contribution >= 4 is 5.97 Å². The van der Waals surface area contributed by atoms with Gasteiger partial charge in [-0.05, 0) is 0 Å². The van der Waals surface area contributed by atoms with Crippen LogP contribution in [0.25, 0.3) is 0 Å². The Hall–Kier alpha value is -1.59. The molecule has 1 rings (SSSR count). The molecule has 0 saturated heterocycles. The summed E-state index contributed by atoms with van der Waals surface area (Å²) in [6, 6.07) is 0. The quantitative estimate of drug-likeness (QED) is 0.626. The number of hydrogen-bond acceptors (Lipinski definition) is 4. The van der Waals surface area contributed by atoms with Crippen LogP contribution in [0.1, 0.15) is 0 Å². The molecule has 60 valence electrons. The lowest BCUT2D eigenvalue weighted by atomic mass is 10.7. The third-order valence-electron chi connectivity index (χ3n) is 1.02. The van der Waals surface area contributed by atoms with Crippen LogP contribution in [0.15, 0.2) is 6.20 Å². The molecule has 11 heavy (non-hydrogen) atoms. The van der Waals surface area contributed by atoms with Crippen LogP contribution in [0.2, 0.25) is 0 Å². The normalized spacial score (nSPS) is 9.55. The van der Waals surface area contributed by atoms with Gasteiger partial charge in [0.15, 0.2) is 6.61 Å². The van der Waals surface area contributed by atoms with E-state index in [4.69, 9.17) is 9.84 Å². The fourth-order valence-corrected chi connectivity index (χ4v) is 0.547. The number of carboxylic acid groups (broad SMARTS) is 1. The number of hydrogen-bond donors (Lipinski definition) is 1. The van der Waals surface area contributed by atoms with E-state index in [1.54, 1.807) is 7.05 Å². The van der Waals surface area contributed by atoms with E-state index < -0.39 is 5.97 Å². The summed E-state index contributed by atoms with van der Waals surface area (Å²) in [5.74, 6) is -0.682. The monoisotopic (exact) mass is 157 g/mol. The number of nitrogens with zero attached hydrogens (tertiary/aromatic N) is 3. The van der Waals surface area contributed by atoms with E-state index in [2.05, 4.69) is 10.3 Å². The highest BCUT2D eigenvalue weighted by molar-refractivity contribution is 5.68. The van der Waals surface area contributed by atoms with Gasteiger partial charge in [0, 0.05) is 7.05 Å². The Morgan fingerprint density at radius 1 is 1.91 bits per heavy atom. The predicted octanol–water partition coefficient (Wildman–Crippen LogP) is -0.722. The summed E-state index contributed by atoms with van der Waals surface area (Å²) in [5.41, 5.74) is 0. The second-order valence-electron chi connectivity index (χ2n) is 1.88. The van der Waals surface area contributed by atoms with Gasteiger partial charge in [-0.2, -0.15) is 0 Å². The number of aryl methyl sites for hydroxylation is 1. The van der Waals surface area contributed by atoms with Crippen LogP contribution in [0.3, 0.4) is 0 Å². The first-order valence-corrected chi connectivity index (χ1v) is 2.89. The van der Waals surface area contributed by atoms with Gasteiger partial charge in [0.05, 0.1) is 0 Å². The fraction of sp³-hybridized carbons (Fsp3) is 0.400. The van der Waals surface area contributed by atoms with E-state index >= 15 is 0 Å².